The van der Waals surface area contributed by atoms with Gasteiger partial charge in [-0.3, -0.25) is 9.78 Å². The number of aliphatic carboxylic acids is 2. The fraction of sp³-hybridized carbons (Fsp3) is 0.391. The highest BCUT2D eigenvalue weighted by molar-refractivity contribution is 7.89. The van der Waals surface area contributed by atoms with E-state index in [0.29, 0.717) is 30.9 Å². The van der Waals surface area contributed by atoms with Crippen LogP contribution in [0, 0.1) is 0 Å². The molecule has 0 bridgehead atoms. The third-order valence-corrected chi connectivity index (χ3v) is 7.09. The van der Waals surface area contributed by atoms with Crippen LogP contribution in [0.15, 0.2) is 48.8 Å². The Labute approximate surface area is 204 Å². The SMILES string of the molecule is COc1cccc(C(=O)N(CCS(=O)(=O)N2CCCCC2)Cc2ccncc2)c1.O=C(O)C(=O)O. The van der Waals surface area contributed by atoms with Gasteiger partial charge in [-0.2, -0.15) is 0 Å². The van der Waals surface area contributed by atoms with Gasteiger partial charge in [-0.25, -0.2) is 22.3 Å². The predicted molar refractivity (Wildman–Crippen MR) is 126 cm³/mol. The zero-order chi connectivity index (χ0) is 25.8. The molecule has 2 heterocycles. The number of carbonyl (C=O) groups is 3. The normalized spacial score (nSPS) is 13.7. The molecule has 0 aliphatic carbocycles. The fourth-order valence-electron chi connectivity index (χ4n) is 3.40. The number of rotatable bonds is 8. The van der Waals surface area contributed by atoms with E-state index >= 15 is 0 Å². The van der Waals surface area contributed by atoms with Crippen LogP contribution in [0.5, 0.6) is 5.75 Å². The number of nitrogens with zero attached hydrogens (tertiary/aromatic N) is 3. The molecular weight excluding hydrogens is 478 g/mol. The number of aromatic nitrogens is 1. The molecule has 1 aromatic heterocycles. The monoisotopic (exact) mass is 507 g/mol. The number of pyridine rings is 1. The van der Waals surface area contributed by atoms with E-state index in [1.54, 1.807) is 53.0 Å². The van der Waals surface area contributed by atoms with Gasteiger partial charge in [-0.05, 0) is 48.7 Å². The topological polar surface area (TPSA) is 154 Å². The second-order valence-corrected chi connectivity index (χ2v) is 9.79. The van der Waals surface area contributed by atoms with Crippen LogP contribution in [0.25, 0.3) is 0 Å². The Morgan fingerprint density at radius 3 is 2.23 bits per heavy atom. The van der Waals surface area contributed by atoms with Gasteiger partial charge in [-0.1, -0.05) is 12.5 Å². The average Bonchev–Trinajstić information content (AvgIpc) is 2.87. The molecule has 1 aliphatic heterocycles. The predicted octanol–water partition coefficient (Wildman–Crippen LogP) is 1.70. The third kappa shape index (κ3) is 8.98. The number of methoxy groups -OCH3 is 1. The Hall–Kier alpha value is -3.51. The quantitative estimate of drug-likeness (QED) is 0.508. The lowest BCUT2D eigenvalue weighted by Crippen LogP contribution is -2.41. The van der Waals surface area contributed by atoms with Gasteiger partial charge in [0, 0.05) is 44.1 Å². The van der Waals surface area contributed by atoms with Crippen molar-refractivity contribution in [1.82, 2.24) is 14.2 Å². The molecule has 1 aromatic carbocycles. The second kappa shape index (κ2) is 13.4. The molecule has 0 unspecified atom stereocenters. The maximum Gasteiger partial charge on any atom is 0.414 e. The Balaban J connectivity index is 0.000000641. The minimum absolute atomic E-state index is 0.0895. The van der Waals surface area contributed by atoms with Crippen molar-refractivity contribution >= 4 is 27.9 Å². The van der Waals surface area contributed by atoms with E-state index in [9.17, 15) is 13.2 Å². The van der Waals surface area contributed by atoms with Crippen LogP contribution < -0.4 is 4.74 Å². The van der Waals surface area contributed by atoms with Crippen LogP contribution in [0.1, 0.15) is 35.2 Å². The minimum atomic E-state index is -3.40. The van der Waals surface area contributed by atoms with Gasteiger partial charge in [-0.15, -0.1) is 0 Å². The summed E-state index contributed by atoms with van der Waals surface area (Å²) < 4.78 is 32.3. The molecule has 0 saturated carbocycles. The number of sulfonamides is 1. The van der Waals surface area contributed by atoms with Crippen molar-refractivity contribution < 1.29 is 37.8 Å². The van der Waals surface area contributed by atoms with E-state index in [1.165, 1.54) is 0 Å². The van der Waals surface area contributed by atoms with E-state index < -0.39 is 22.0 Å². The van der Waals surface area contributed by atoms with Gasteiger partial charge in [0.15, 0.2) is 0 Å². The number of hydrogen-bond donors (Lipinski definition) is 2. The van der Waals surface area contributed by atoms with E-state index in [0.717, 1.165) is 24.8 Å². The molecule has 12 heteroatoms. The molecule has 35 heavy (non-hydrogen) atoms. The second-order valence-electron chi connectivity index (χ2n) is 7.70. The Morgan fingerprint density at radius 2 is 1.66 bits per heavy atom. The standard InChI is InChI=1S/C21H27N3O4S.C2H2O4/c1-28-20-7-5-6-19(16-20)21(25)23(17-18-8-10-22-11-9-18)14-15-29(26,27)24-12-3-2-4-13-24;3-1(4)2(5)6/h5-11,16H,2-4,12-15,17H2,1H3;(H,3,4)(H,5,6). The molecule has 190 valence electrons. The summed E-state index contributed by atoms with van der Waals surface area (Å²) in [6.45, 7) is 1.57. The molecule has 0 atom stereocenters. The highest BCUT2D eigenvalue weighted by atomic mass is 32.2. The number of amides is 1. The third-order valence-electron chi connectivity index (χ3n) is 5.24. The van der Waals surface area contributed by atoms with Crippen LogP contribution in [-0.2, 0) is 26.2 Å². The van der Waals surface area contributed by atoms with Gasteiger partial charge < -0.3 is 19.8 Å². The molecule has 0 spiro atoms. The van der Waals surface area contributed by atoms with Crippen molar-refractivity contribution in [2.45, 2.75) is 25.8 Å². The van der Waals surface area contributed by atoms with Crippen molar-refractivity contribution in [2.24, 2.45) is 0 Å². The fourth-order valence-corrected chi connectivity index (χ4v) is 4.92. The number of carbonyl (C=O) groups excluding carboxylic acids is 1. The van der Waals surface area contributed by atoms with Gasteiger partial charge in [0.2, 0.25) is 10.0 Å². The number of ether oxygens (including phenoxy) is 1. The molecule has 1 fully saturated rings. The van der Waals surface area contributed by atoms with E-state index in [4.69, 9.17) is 24.5 Å². The number of hydrogen-bond acceptors (Lipinski definition) is 7. The highest BCUT2D eigenvalue weighted by Crippen LogP contribution is 2.18. The summed E-state index contributed by atoms with van der Waals surface area (Å²) in [5.41, 5.74) is 1.36. The zero-order valence-corrected chi connectivity index (χ0v) is 20.2. The Kier molecular flexibility index (Phi) is 10.6. The van der Waals surface area contributed by atoms with Crippen molar-refractivity contribution in [3.63, 3.8) is 0 Å². The Bertz CT molecular complexity index is 1090. The van der Waals surface area contributed by atoms with Crippen LogP contribution in [0.2, 0.25) is 0 Å². The maximum absolute atomic E-state index is 13.2. The molecule has 1 aliphatic rings. The first-order chi connectivity index (χ1) is 16.6. The highest BCUT2D eigenvalue weighted by Gasteiger charge is 2.26. The van der Waals surface area contributed by atoms with E-state index in [1.807, 2.05) is 12.1 Å². The maximum atomic E-state index is 13.2. The summed E-state index contributed by atoms with van der Waals surface area (Å²) in [7, 11) is -1.85. The van der Waals surface area contributed by atoms with E-state index in [2.05, 4.69) is 4.98 Å². The van der Waals surface area contributed by atoms with Gasteiger partial charge in [0.1, 0.15) is 5.75 Å². The molecular formula is C23H29N3O8S. The summed E-state index contributed by atoms with van der Waals surface area (Å²) in [5, 5.41) is 14.8. The number of piperidine rings is 1. The number of carboxylic acids is 2. The van der Waals surface area contributed by atoms with Gasteiger partial charge in [0.25, 0.3) is 5.91 Å². The first-order valence-corrected chi connectivity index (χ1v) is 12.5. The lowest BCUT2D eigenvalue weighted by Gasteiger charge is -2.28. The van der Waals surface area contributed by atoms with Crippen molar-refractivity contribution in [3.8, 4) is 5.75 Å². The van der Waals surface area contributed by atoms with Gasteiger partial charge >= 0.3 is 11.9 Å². The first kappa shape index (κ1) is 27.7. The largest absolute Gasteiger partial charge is 0.497 e. The number of carboxylic acid groups (broad SMARTS) is 2. The minimum Gasteiger partial charge on any atom is -0.497 e. The first-order valence-electron chi connectivity index (χ1n) is 10.9. The molecule has 2 N–H and O–H groups in total. The summed E-state index contributed by atoms with van der Waals surface area (Å²) in [4.78, 5) is 36.9. The Morgan fingerprint density at radius 1 is 1.03 bits per heavy atom. The van der Waals surface area contributed by atoms with Gasteiger partial charge in [0.05, 0.1) is 12.9 Å². The van der Waals surface area contributed by atoms with Crippen LogP contribution in [0.3, 0.4) is 0 Å². The van der Waals surface area contributed by atoms with E-state index in [-0.39, 0.29) is 18.2 Å². The van der Waals surface area contributed by atoms with Crippen molar-refractivity contribution in [2.75, 3.05) is 32.5 Å². The van der Waals surface area contributed by atoms with Crippen molar-refractivity contribution in [3.05, 3.63) is 59.9 Å². The molecule has 11 nitrogen and oxygen atoms in total. The van der Waals surface area contributed by atoms with Crippen LogP contribution in [0.4, 0.5) is 0 Å². The zero-order valence-electron chi connectivity index (χ0n) is 19.4. The summed E-state index contributed by atoms with van der Waals surface area (Å²) >= 11 is 0. The smallest absolute Gasteiger partial charge is 0.414 e. The average molecular weight is 508 g/mol. The lowest BCUT2D eigenvalue weighted by atomic mass is 10.1. The summed E-state index contributed by atoms with van der Waals surface area (Å²) in [6.07, 6.45) is 6.17. The molecule has 1 saturated heterocycles. The molecule has 2 aromatic rings. The van der Waals surface area contributed by atoms with Crippen LogP contribution in [-0.4, -0.2) is 83.2 Å². The molecule has 1 amide bonds. The lowest BCUT2D eigenvalue weighted by molar-refractivity contribution is -0.159. The molecule has 3 rings (SSSR count). The summed E-state index contributed by atoms with van der Waals surface area (Å²) in [6, 6.07) is 10.5. The number of benzene rings is 1. The van der Waals surface area contributed by atoms with Crippen LogP contribution >= 0.6 is 0 Å². The van der Waals surface area contributed by atoms with Crippen molar-refractivity contribution in [1.29, 1.82) is 0 Å². The summed E-state index contributed by atoms with van der Waals surface area (Å²) in [5.74, 6) is -3.38. The molecule has 0 radical (unpaired) electrons.